The monoisotopic (exact) mass is 249 g/mol. The molecule has 2 aromatic carbocycles. The van der Waals surface area contributed by atoms with Gasteiger partial charge in [-0.3, -0.25) is 0 Å². The average molecular weight is 250 g/mol. The highest BCUT2D eigenvalue weighted by Gasteiger charge is 2.07. The van der Waals surface area contributed by atoms with E-state index in [-0.39, 0.29) is 5.82 Å². The maximum atomic E-state index is 13.3. The number of rotatable bonds is 2. The van der Waals surface area contributed by atoms with Gasteiger partial charge in [-0.1, -0.05) is 29.8 Å². The summed E-state index contributed by atoms with van der Waals surface area (Å²) in [5, 5.41) is 0.690. The Morgan fingerprint density at radius 2 is 1.88 bits per heavy atom. The van der Waals surface area contributed by atoms with Crippen molar-refractivity contribution in [2.45, 2.75) is 13.3 Å². The third-order valence-electron chi connectivity index (χ3n) is 2.86. The van der Waals surface area contributed by atoms with E-state index < -0.39 is 0 Å². The predicted molar refractivity (Wildman–Crippen MR) is 69.8 cm³/mol. The van der Waals surface area contributed by atoms with E-state index >= 15 is 0 Å². The smallest absolute Gasteiger partial charge is 0.125 e. The van der Waals surface area contributed by atoms with Crippen molar-refractivity contribution in [3.05, 3.63) is 63.9 Å². The van der Waals surface area contributed by atoms with Crippen LogP contribution in [0.1, 0.15) is 16.7 Å². The molecule has 0 atom stereocenters. The molecule has 0 saturated heterocycles. The van der Waals surface area contributed by atoms with Crippen LogP contribution in [0.4, 0.5) is 10.1 Å². The lowest BCUT2D eigenvalue weighted by atomic mass is 9.99. The zero-order chi connectivity index (χ0) is 12.4. The van der Waals surface area contributed by atoms with E-state index in [4.69, 9.17) is 17.3 Å². The summed E-state index contributed by atoms with van der Waals surface area (Å²) in [6.45, 7) is 1.89. The highest BCUT2D eigenvalue weighted by atomic mass is 35.5. The van der Waals surface area contributed by atoms with Crippen LogP contribution in [0, 0.1) is 12.7 Å². The number of nitrogens with two attached hydrogens (primary N) is 1. The molecule has 0 aliphatic carbocycles. The number of halogens is 2. The van der Waals surface area contributed by atoms with Gasteiger partial charge in [-0.2, -0.15) is 0 Å². The van der Waals surface area contributed by atoms with E-state index in [9.17, 15) is 4.39 Å². The minimum absolute atomic E-state index is 0.310. The molecule has 0 bridgehead atoms. The van der Waals surface area contributed by atoms with Gasteiger partial charge in [0.25, 0.3) is 0 Å². The van der Waals surface area contributed by atoms with Crippen LogP contribution >= 0.6 is 11.6 Å². The maximum absolute atomic E-state index is 13.3. The highest BCUT2D eigenvalue weighted by molar-refractivity contribution is 6.31. The largest absolute Gasteiger partial charge is 0.398 e. The summed E-state index contributed by atoms with van der Waals surface area (Å²) in [6.07, 6.45) is 0.591. The fourth-order valence-electron chi connectivity index (χ4n) is 1.79. The second-order valence-electron chi connectivity index (χ2n) is 4.05. The molecule has 0 unspecified atom stereocenters. The van der Waals surface area contributed by atoms with Crippen LogP contribution in [0.15, 0.2) is 36.4 Å². The third kappa shape index (κ3) is 2.59. The van der Waals surface area contributed by atoms with Crippen LogP contribution in [0.3, 0.4) is 0 Å². The molecule has 0 fully saturated rings. The lowest BCUT2D eigenvalue weighted by Crippen LogP contribution is -1.99. The van der Waals surface area contributed by atoms with Crippen molar-refractivity contribution in [1.29, 1.82) is 0 Å². The molecule has 0 aromatic heterocycles. The molecule has 17 heavy (non-hydrogen) atoms. The van der Waals surface area contributed by atoms with E-state index in [2.05, 4.69) is 0 Å². The first kappa shape index (κ1) is 11.9. The Morgan fingerprint density at radius 3 is 2.59 bits per heavy atom. The van der Waals surface area contributed by atoms with E-state index in [1.807, 2.05) is 31.2 Å². The topological polar surface area (TPSA) is 26.0 Å². The molecule has 2 rings (SSSR count). The molecule has 0 amide bonds. The Hall–Kier alpha value is -1.54. The Labute approximate surface area is 105 Å². The summed E-state index contributed by atoms with van der Waals surface area (Å²) in [5.41, 5.74) is 8.97. The molecule has 0 spiro atoms. The fraction of sp³-hybridized carbons (Fsp3) is 0.143. The molecule has 0 aliphatic heterocycles. The Bertz CT molecular complexity index is 552. The second-order valence-corrected chi connectivity index (χ2v) is 4.45. The summed E-state index contributed by atoms with van der Waals surface area (Å²) in [7, 11) is 0. The molecule has 1 nitrogen and oxygen atoms in total. The lowest BCUT2D eigenvalue weighted by Gasteiger charge is -2.10. The van der Waals surface area contributed by atoms with E-state index in [1.54, 1.807) is 0 Å². The van der Waals surface area contributed by atoms with Crippen LogP contribution in [0.5, 0.6) is 0 Å². The first-order valence-electron chi connectivity index (χ1n) is 5.36. The number of benzene rings is 2. The van der Waals surface area contributed by atoms with E-state index in [1.165, 1.54) is 12.1 Å². The Kier molecular flexibility index (Phi) is 3.34. The average Bonchev–Trinajstić information content (AvgIpc) is 2.28. The van der Waals surface area contributed by atoms with Gasteiger partial charge in [0.1, 0.15) is 5.82 Å². The fourth-order valence-corrected chi connectivity index (χ4v) is 1.99. The molecule has 2 N–H and O–H groups in total. The maximum Gasteiger partial charge on any atom is 0.125 e. The van der Waals surface area contributed by atoms with Crippen molar-refractivity contribution in [3.8, 4) is 0 Å². The molecule has 2 aromatic rings. The van der Waals surface area contributed by atoms with Gasteiger partial charge in [0.05, 0.1) is 0 Å². The number of anilines is 1. The molecular formula is C14H13ClFN. The minimum Gasteiger partial charge on any atom is -0.398 e. The number of nitrogen functional groups attached to an aromatic ring is 1. The number of hydrogen-bond acceptors (Lipinski definition) is 1. The van der Waals surface area contributed by atoms with Gasteiger partial charge < -0.3 is 5.73 Å². The van der Waals surface area contributed by atoms with Gasteiger partial charge >= 0.3 is 0 Å². The van der Waals surface area contributed by atoms with Crippen LogP contribution in [-0.2, 0) is 6.42 Å². The second kappa shape index (κ2) is 4.76. The van der Waals surface area contributed by atoms with E-state index in [0.717, 1.165) is 16.7 Å². The first-order chi connectivity index (χ1) is 8.08. The minimum atomic E-state index is -0.310. The van der Waals surface area contributed by atoms with Crippen molar-refractivity contribution < 1.29 is 4.39 Å². The predicted octanol–water partition coefficient (Wildman–Crippen LogP) is 3.96. The molecular weight excluding hydrogens is 237 g/mol. The van der Waals surface area contributed by atoms with E-state index in [0.29, 0.717) is 17.1 Å². The van der Waals surface area contributed by atoms with Gasteiger partial charge in [-0.25, -0.2) is 4.39 Å². The first-order valence-corrected chi connectivity index (χ1v) is 5.73. The third-order valence-corrected chi connectivity index (χ3v) is 3.23. The molecule has 88 valence electrons. The zero-order valence-electron chi connectivity index (χ0n) is 9.50. The highest BCUT2D eigenvalue weighted by Crippen LogP contribution is 2.24. The van der Waals surface area contributed by atoms with Gasteiger partial charge in [0.15, 0.2) is 0 Å². The SMILES string of the molecule is Cc1c(N)cc(F)cc1Cc1ccccc1Cl. The normalized spacial score (nSPS) is 10.5. The van der Waals surface area contributed by atoms with Crippen molar-refractivity contribution in [2.24, 2.45) is 0 Å². The van der Waals surface area contributed by atoms with Crippen LogP contribution in [-0.4, -0.2) is 0 Å². The summed E-state index contributed by atoms with van der Waals surface area (Å²) in [6, 6.07) is 10.4. The van der Waals surface area contributed by atoms with Gasteiger partial charge in [0.2, 0.25) is 0 Å². The molecule has 0 heterocycles. The molecule has 0 aliphatic rings. The summed E-state index contributed by atoms with van der Waals surface area (Å²) >= 11 is 6.08. The van der Waals surface area contributed by atoms with Crippen molar-refractivity contribution in [2.75, 3.05) is 5.73 Å². The van der Waals surface area contributed by atoms with Crippen LogP contribution in [0.25, 0.3) is 0 Å². The van der Waals surface area contributed by atoms with Crippen LogP contribution in [0.2, 0.25) is 5.02 Å². The lowest BCUT2D eigenvalue weighted by molar-refractivity contribution is 0.626. The Morgan fingerprint density at radius 1 is 1.18 bits per heavy atom. The van der Waals surface area contributed by atoms with Gasteiger partial charge in [-0.15, -0.1) is 0 Å². The summed E-state index contributed by atoms with van der Waals surface area (Å²) < 4.78 is 13.3. The van der Waals surface area contributed by atoms with Gasteiger partial charge in [0, 0.05) is 10.7 Å². The van der Waals surface area contributed by atoms with Crippen molar-refractivity contribution in [3.63, 3.8) is 0 Å². The zero-order valence-corrected chi connectivity index (χ0v) is 10.3. The quantitative estimate of drug-likeness (QED) is 0.801. The molecule has 0 saturated carbocycles. The Balaban J connectivity index is 2.40. The molecule has 3 heteroatoms. The summed E-state index contributed by atoms with van der Waals surface area (Å²) in [4.78, 5) is 0. The summed E-state index contributed by atoms with van der Waals surface area (Å²) in [5.74, 6) is -0.310. The standard InChI is InChI=1S/C14H13ClFN/c1-9-11(7-12(16)8-14(9)17)6-10-4-2-3-5-13(10)15/h2-5,7-8H,6,17H2,1H3. The van der Waals surface area contributed by atoms with Crippen LogP contribution < -0.4 is 5.73 Å². The number of hydrogen-bond donors (Lipinski definition) is 1. The van der Waals surface area contributed by atoms with Crippen molar-refractivity contribution in [1.82, 2.24) is 0 Å². The molecule has 0 radical (unpaired) electrons. The van der Waals surface area contributed by atoms with Gasteiger partial charge in [-0.05, 0) is 48.2 Å². The van der Waals surface area contributed by atoms with Crippen molar-refractivity contribution >= 4 is 17.3 Å².